The van der Waals surface area contributed by atoms with Gasteiger partial charge in [0, 0.05) is 17.2 Å². The van der Waals surface area contributed by atoms with Gasteiger partial charge in [-0.15, -0.1) is 0 Å². The van der Waals surface area contributed by atoms with Gasteiger partial charge in [0.2, 0.25) is 0 Å². The molecule has 0 fully saturated rings. The van der Waals surface area contributed by atoms with E-state index in [1.807, 2.05) is 25.1 Å². The van der Waals surface area contributed by atoms with Gasteiger partial charge in [-0.3, -0.25) is 4.79 Å². The van der Waals surface area contributed by atoms with Crippen molar-refractivity contribution in [2.24, 2.45) is 5.73 Å². The third-order valence-electron chi connectivity index (χ3n) is 3.43. The standard InChI is InChI=1S/C18H26N2O/c1-4-5-6-8-15(3)20-18(21)17-11-10-16(9-7-12-19)14(2)13-17/h10-11,13,15H,4-6,8,12,19H2,1-3H3,(H,20,21). The molecule has 3 heteroatoms. The lowest BCUT2D eigenvalue weighted by atomic mass is 10.0. The summed E-state index contributed by atoms with van der Waals surface area (Å²) in [5, 5.41) is 3.05. The van der Waals surface area contributed by atoms with Gasteiger partial charge in [0.15, 0.2) is 0 Å². The summed E-state index contributed by atoms with van der Waals surface area (Å²) in [6.07, 6.45) is 4.60. The second-order valence-corrected chi connectivity index (χ2v) is 5.41. The van der Waals surface area contributed by atoms with E-state index in [0.717, 1.165) is 24.0 Å². The largest absolute Gasteiger partial charge is 0.350 e. The first-order chi connectivity index (χ1) is 10.1. The highest BCUT2D eigenvalue weighted by Gasteiger charge is 2.10. The summed E-state index contributed by atoms with van der Waals surface area (Å²) in [7, 11) is 0. The van der Waals surface area contributed by atoms with E-state index >= 15 is 0 Å². The summed E-state index contributed by atoms with van der Waals surface area (Å²) in [4.78, 5) is 12.2. The summed E-state index contributed by atoms with van der Waals surface area (Å²) in [6, 6.07) is 5.80. The molecule has 0 aliphatic carbocycles. The van der Waals surface area contributed by atoms with Gasteiger partial charge < -0.3 is 11.1 Å². The molecule has 1 aromatic carbocycles. The predicted octanol–water partition coefficient (Wildman–Crippen LogP) is 3.00. The van der Waals surface area contributed by atoms with Crippen LogP contribution >= 0.6 is 0 Å². The summed E-state index contributed by atoms with van der Waals surface area (Å²) >= 11 is 0. The van der Waals surface area contributed by atoms with Crippen LogP contribution < -0.4 is 11.1 Å². The average molecular weight is 286 g/mol. The Bertz CT molecular complexity index is 526. The molecule has 1 atom stereocenters. The molecule has 1 rings (SSSR count). The Labute approximate surface area is 128 Å². The first kappa shape index (κ1) is 17.3. The Hall–Kier alpha value is -1.79. The van der Waals surface area contributed by atoms with E-state index in [4.69, 9.17) is 5.73 Å². The molecular weight excluding hydrogens is 260 g/mol. The first-order valence-electron chi connectivity index (χ1n) is 7.69. The molecule has 0 bridgehead atoms. The zero-order chi connectivity index (χ0) is 15.7. The Morgan fingerprint density at radius 3 is 2.76 bits per heavy atom. The molecular formula is C18H26N2O. The number of hydrogen-bond donors (Lipinski definition) is 2. The minimum atomic E-state index is -0.0135. The van der Waals surface area contributed by atoms with Gasteiger partial charge in [-0.05, 0) is 44.0 Å². The maximum Gasteiger partial charge on any atom is 0.251 e. The van der Waals surface area contributed by atoms with Crippen molar-refractivity contribution in [2.75, 3.05) is 6.54 Å². The molecule has 114 valence electrons. The second kappa shape index (κ2) is 9.20. The lowest BCUT2D eigenvalue weighted by Gasteiger charge is -2.14. The number of nitrogens with two attached hydrogens (primary N) is 1. The summed E-state index contributed by atoms with van der Waals surface area (Å²) in [6.45, 7) is 6.54. The minimum absolute atomic E-state index is 0.0135. The van der Waals surface area contributed by atoms with Crippen LogP contribution in [-0.4, -0.2) is 18.5 Å². The topological polar surface area (TPSA) is 55.1 Å². The van der Waals surface area contributed by atoms with Crippen molar-refractivity contribution in [3.8, 4) is 11.8 Å². The van der Waals surface area contributed by atoms with Crippen molar-refractivity contribution in [3.05, 3.63) is 34.9 Å². The van der Waals surface area contributed by atoms with E-state index in [9.17, 15) is 4.79 Å². The highest BCUT2D eigenvalue weighted by atomic mass is 16.1. The van der Waals surface area contributed by atoms with Crippen molar-refractivity contribution < 1.29 is 4.79 Å². The highest BCUT2D eigenvalue weighted by molar-refractivity contribution is 5.94. The number of hydrogen-bond acceptors (Lipinski definition) is 2. The Morgan fingerprint density at radius 2 is 2.14 bits per heavy atom. The third kappa shape index (κ3) is 6.01. The van der Waals surface area contributed by atoms with Crippen LogP contribution in [0, 0.1) is 18.8 Å². The highest BCUT2D eigenvalue weighted by Crippen LogP contribution is 2.11. The monoisotopic (exact) mass is 286 g/mol. The van der Waals surface area contributed by atoms with E-state index in [2.05, 4.69) is 31.0 Å². The van der Waals surface area contributed by atoms with Gasteiger partial charge in [-0.1, -0.05) is 38.0 Å². The van der Waals surface area contributed by atoms with Crippen LogP contribution in [0.25, 0.3) is 0 Å². The number of carbonyl (C=O) groups excluding carboxylic acids is 1. The number of nitrogens with one attached hydrogen (secondary N) is 1. The molecule has 0 aliphatic heterocycles. The SMILES string of the molecule is CCCCCC(C)NC(=O)c1ccc(C#CCN)c(C)c1. The summed E-state index contributed by atoms with van der Waals surface area (Å²) < 4.78 is 0. The first-order valence-corrected chi connectivity index (χ1v) is 7.69. The van der Waals surface area contributed by atoms with Crippen LogP contribution in [0.2, 0.25) is 0 Å². The molecule has 1 amide bonds. The molecule has 1 aromatic rings. The van der Waals surface area contributed by atoms with Crippen molar-refractivity contribution in [3.63, 3.8) is 0 Å². The molecule has 0 aromatic heterocycles. The van der Waals surface area contributed by atoms with E-state index in [-0.39, 0.29) is 11.9 Å². The number of carbonyl (C=O) groups is 1. The van der Waals surface area contributed by atoms with Crippen LogP contribution in [0.3, 0.4) is 0 Å². The summed E-state index contributed by atoms with van der Waals surface area (Å²) in [5.41, 5.74) is 7.99. The van der Waals surface area contributed by atoms with Crippen molar-refractivity contribution >= 4 is 5.91 Å². The normalized spacial score (nSPS) is 11.4. The fourth-order valence-electron chi connectivity index (χ4n) is 2.17. The molecule has 0 saturated carbocycles. The molecule has 21 heavy (non-hydrogen) atoms. The number of aryl methyl sites for hydroxylation is 1. The Balaban J connectivity index is 2.64. The molecule has 3 nitrogen and oxygen atoms in total. The van der Waals surface area contributed by atoms with Gasteiger partial charge in [0.25, 0.3) is 5.91 Å². The Morgan fingerprint density at radius 1 is 1.38 bits per heavy atom. The van der Waals surface area contributed by atoms with E-state index < -0.39 is 0 Å². The van der Waals surface area contributed by atoms with E-state index in [1.165, 1.54) is 12.8 Å². The Kier molecular flexibility index (Phi) is 7.56. The van der Waals surface area contributed by atoms with Crippen molar-refractivity contribution in [1.29, 1.82) is 0 Å². The molecule has 0 radical (unpaired) electrons. The lowest BCUT2D eigenvalue weighted by Crippen LogP contribution is -2.32. The predicted molar refractivity (Wildman–Crippen MR) is 88.2 cm³/mol. The maximum absolute atomic E-state index is 12.2. The minimum Gasteiger partial charge on any atom is -0.350 e. The molecule has 0 aliphatic rings. The molecule has 1 unspecified atom stereocenters. The molecule has 3 N–H and O–H groups in total. The van der Waals surface area contributed by atoms with Gasteiger partial charge in [-0.2, -0.15) is 0 Å². The smallest absolute Gasteiger partial charge is 0.251 e. The lowest BCUT2D eigenvalue weighted by molar-refractivity contribution is 0.0938. The number of rotatable bonds is 6. The zero-order valence-electron chi connectivity index (χ0n) is 13.3. The summed E-state index contributed by atoms with van der Waals surface area (Å²) in [5.74, 6) is 5.83. The van der Waals surface area contributed by atoms with Gasteiger partial charge >= 0.3 is 0 Å². The zero-order valence-corrected chi connectivity index (χ0v) is 13.3. The molecule has 0 spiro atoms. The maximum atomic E-state index is 12.2. The van der Waals surface area contributed by atoms with Crippen molar-refractivity contribution in [1.82, 2.24) is 5.32 Å². The van der Waals surface area contributed by atoms with Gasteiger partial charge in [0.1, 0.15) is 0 Å². The number of amides is 1. The molecule has 0 saturated heterocycles. The van der Waals surface area contributed by atoms with Gasteiger partial charge in [0.05, 0.1) is 6.54 Å². The fourth-order valence-corrected chi connectivity index (χ4v) is 2.17. The fraction of sp³-hybridized carbons (Fsp3) is 0.500. The number of benzene rings is 1. The van der Waals surface area contributed by atoms with Crippen LogP contribution in [0.1, 0.15) is 61.0 Å². The second-order valence-electron chi connectivity index (χ2n) is 5.41. The van der Waals surface area contributed by atoms with Crippen LogP contribution in [0.4, 0.5) is 0 Å². The number of unbranched alkanes of at least 4 members (excludes halogenated alkanes) is 2. The van der Waals surface area contributed by atoms with E-state index in [0.29, 0.717) is 12.1 Å². The quantitative estimate of drug-likeness (QED) is 0.624. The molecule has 0 heterocycles. The van der Waals surface area contributed by atoms with Gasteiger partial charge in [-0.25, -0.2) is 0 Å². The average Bonchev–Trinajstić information content (AvgIpc) is 2.46. The van der Waals surface area contributed by atoms with Crippen LogP contribution in [-0.2, 0) is 0 Å². The van der Waals surface area contributed by atoms with Crippen molar-refractivity contribution in [2.45, 2.75) is 52.5 Å². The third-order valence-corrected chi connectivity index (χ3v) is 3.43. The van der Waals surface area contributed by atoms with Crippen LogP contribution in [0.5, 0.6) is 0 Å². The van der Waals surface area contributed by atoms with E-state index in [1.54, 1.807) is 0 Å². The van der Waals surface area contributed by atoms with Crippen LogP contribution in [0.15, 0.2) is 18.2 Å².